The number of aryl methyl sites for hydroxylation is 1. The molecule has 1 aromatic heterocycles. The molecule has 0 aliphatic carbocycles. The fraction of sp³-hybridized carbons (Fsp3) is 0.217. The minimum Gasteiger partial charge on any atom is -0.405 e. The molecular formula is C23H20F4N2O4S. The van der Waals surface area contributed by atoms with Crippen molar-refractivity contribution in [2.45, 2.75) is 31.5 Å². The minimum absolute atomic E-state index is 0.0104. The lowest BCUT2D eigenvalue weighted by molar-refractivity contribution is -0.274. The Morgan fingerprint density at radius 1 is 1.03 bits per heavy atom. The smallest absolute Gasteiger partial charge is 0.405 e. The van der Waals surface area contributed by atoms with Gasteiger partial charge in [0.05, 0.1) is 17.1 Å². The number of benzene rings is 2. The molecule has 0 saturated heterocycles. The van der Waals surface area contributed by atoms with Crippen LogP contribution in [0, 0.1) is 12.7 Å². The molecule has 11 heteroatoms. The number of carbonyl (C=O) groups is 1. The number of ether oxygens (including phenoxy) is 1. The van der Waals surface area contributed by atoms with Crippen LogP contribution < -0.4 is 10.1 Å². The van der Waals surface area contributed by atoms with Crippen LogP contribution in [0.3, 0.4) is 0 Å². The zero-order valence-corrected chi connectivity index (χ0v) is 18.9. The van der Waals surface area contributed by atoms with Crippen molar-refractivity contribution in [3.8, 4) is 16.9 Å². The van der Waals surface area contributed by atoms with Crippen molar-refractivity contribution < 1.29 is 35.5 Å². The van der Waals surface area contributed by atoms with E-state index in [1.807, 2.05) is 0 Å². The standard InChI is InChI=1S/C23H20F4N2O4S/c1-3-34(31,32)17-7-4-15(5-8-17)12-22(30)29-21-11-10-18(14(2)28-21)19-9-6-16(24)13-20(19)33-23(25,26)27/h4-11,13H,3,12H2,1-2H3,(H,28,29,30). The summed E-state index contributed by atoms with van der Waals surface area (Å²) in [5.74, 6) is -1.89. The number of nitrogens with zero attached hydrogens (tertiary/aromatic N) is 1. The van der Waals surface area contributed by atoms with Crippen LogP contribution in [0.5, 0.6) is 5.75 Å². The van der Waals surface area contributed by atoms with Crippen molar-refractivity contribution in [3.05, 3.63) is 71.7 Å². The summed E-state index contributed by atoms with van der Waals surface area (Å²) in [6.07, 6.45) is -5.05. The van der Waals surface area contributed by atoms with Gasteiger partial charge < -0.3 is 10.1 Å². The number of aromatic nitrogens is 1. The molecule has 0 saturated carbocycles. The molecule has 1 N–H and O–H groups in total. The molecule has 0 spiro atoms. The van der Waals surface area contributed by atoms with Gasteiger partial charge in [-0.1, -0.05) is 19.1 Å². The Balaban J connectivity index is 1.76. The number of alkyl halides is 3. The molecule has 1 amide bonds. The topological polar surface area (TPSA) is 85.4 Å². The third kappa shape index (κ3) is 6.31. The van der Waals surface area contributed by atoms with Crippen LogP contribution >= 0.6 is 0 Å². The van der Waals surface area contributed by atoms with Crippen LogP contribution in [0.2, 0.25) is 0 Å². The van der Waals surface area contributed by atoms with Crippen LogP contribution in [-0.2, 0) is 21.1 Å². The predicted molar refractivity (Wildman–Crippen MR) is 118 cm³/mol. The van der Waals surface area contributed by atoms with Crippen LogP contribution in [0.25, 0.3) is 11.1 Å². The van der Waals surface area contributed by atoms with E-state index in [9.17, 15) is 30.8 Å². The van der Waals surface area contributed by atoms with Gasteiger partial charge in [0.2, 0.25) is 5.91 Å². The van der Waals surface area contributed by atoms with E-state index in [0.717, 1.165) is 12.1 Å². The molecule has 180 valence electrons. The molecule has 6 nitrogen and oxygen atoms in total. The van der Waals surface area contributed by atoms with Crippen LogP contribution in [0.15, 0.2) is 59.5 Å². The number of nitrogens with one attached hydrogen (secondary N) is 1. The fourth-order valence-corrected chi connectivity index (χ4v) is 4.08. The van der Waals surface area contributed by atoms with Crippen molar-refractivity contribution in [2.24, 2.45) is 0 Å². The van der Waals surface area contributed by atoms with Gasteiger partial charge in [0.1, 0.15) is 17.4 Å². The van der Waals surface area contributed by atoms with E-state index in [-0.39, 0.29) is 39.7 Å². The number of hydrogen-bond acceptors (Lipinski definition) is 5. The molecule has 0 atom stereocenters. The van der Waals surface area contributed by atoms with Crippen molar-refractivity contribution in [3.63, 3.8) is 0 Å². The van der Waals surface area contributed by atoms with E-state index >= 15 is 0 Å². The summed E-state index contributed by atoms with van der Waals surface area (Å²) >= 11 is 0. The number of rotatable bonds is 7. The first-order chi connectivity index (χ1) is 15.9. The number of pyridine rings is 1. The molecule has 0 bridgehead atoms. The number of carbonyl (C=O) groups excluding carboxylic acids is 1. The Hall–Kier alpha value is -3.47. The second kappa shape index (κ2) is 9.80. The molecule has 0 unspecified atom stereocenters. The third-order valence-corrected chi connectivity index (χ3v) is 6.59. The average Bonchev–Trinajstić information content (AvgIpc) is 2.74. The van der Waals surface area contributed by atoms with E-state index < -0.39 is 33.7 Å². The maximum atomic E-state index is 13.5. The van der Waals surface area contributed by atoms with Gasteiger partial charge >= 0.3 is 6.36 Å². The molecule has 0 aliphatic heterocycles. The fourth-order valence-electron chi connectivity index (χ4n) is 3.20. The van der Waals surface area contributed by atoms with Gasteiger partial charge in [0, 0.05) is 22.9 Å². The van der Waals surface area contributed by atoms with Crippen LogP contribution in [0.1, 0.15) is 18.2 Å². The van der Waals surface area contributed by atoms with E-state index in [2.05, 4.69) is 15.0 Å². The lowest BCUT2D eigenvalue weighted by atomic mass is 10.0. The normalized spacial score (nSPS) is 11.8. The quantitative estimate of drug-likeness (QED) is 0.462. The van der Waals surface area contributed by atoms with E-state index in [1.54, 1.807) is 12.1 Å². The summed E-state index contributed by atoms with van der Waals surface area (Å²) in [5, 5.41) is 2.59. The van der Waals surface area contributed by atoms with E-state index in [1.165, 1.54) is 38.1 Å². The highest BCUT2D eigenvalue weighted by Crippen LogP contribution is 2.36. The minimum atomic E-state index is -5.00. The Kier molecular flexibility index (Phi) is 7.25. The van der Waals surface area contributed by atoms with Crippen molar-refractivity contribution in [1.29, 1.82) is 0 Å². The van der Waals surface area contributed by atoms with Gasteiger partial charge in [-0.15, -0.1) is 13.2 Å². The summed E-state index contributed by atoms with van der Waals surface area (Å²) in [7, 11) is -3.34. The molecular weight excluding hydrogens is 476 g/mol. The summed E-state index contributed by atoms with van der Waals surface area (Å²) in [6, 6.07) is 11.6. The lowest BCUT2D eigenvalue weighted by Crippen LogP contribution is -2.18. The molecule has 1 heterocycles. The monoisotopic (exact) mass is 496 g/mol. The van der Waals surface area contributed by atoms with E-state index in [0.29, 0.717) is 11.6 Å². The van der Waals surface area contributed by atoms with Gasteiger partial charge in [0.25, 0.3) is 0 Å². The van der Waals surface area contributed by atoms with Crippen molar-refractivity contribution in [2.75, 3.05) is 11.1 Å². The average molecular weight is 496 g/mol. The molecule has 34 heavy (non-hydrogen) atoms. The summed E-state index contributed by atoms with van der Waals surface area (Å²) in [6.45, 7) is 3.07. The Morgan fingerprint density at radius 2 is 1.68 bits per heavy atom. The van der Waals surface area contributed by atoms with Gasteiger partial charge in [-0.25, -0.2) is 17.8 Å². The largest absolute Gasteiger partial charge is 0.573 e. The number of anilines is 1. The lowest BCUT2D eigenvalue weighted by Gasteiger charge is -2.15. The van der Waals surface area contributed by atoms with Crippen LogP contribution in [0.4, 0.5) is 23.4 Å². The SMILES string of the molecule is CCS(=O)(=O)c1ccc(CC(=O)Nc2ccc(-c3ccc(F)cc3OC(F)(F)F)c(C)n2)cc1. The molecule has 3 rings (SSSR count). The second-order valence-corrected chi connectivity index (χ2v) is 9.57. The maximum absolute atomic E-state index is 13.5. The van der Waals surface area contributed by atoms with Crippen LogP contribution in [-0.4, -0.2) is 31.4 Å². The zero-order valence-electron chi connectivity index (χ0n) is 18.1. The molecule has 0 radical (unpaired) electrons. The predicted octanol–water partition coefficient (Wildman–Crippen LogP) is 5.07. The third-order valence-electron chi connectivity index (χ3n) is 4.84. The molecule has 0 aliphatic rings. The first-order valence-electron chi connectivity index (χ1n) is 10.0. The Bertz CT molecular complexity index is 1310. The number of amides is 1. The van der Waals surface area contributed by atoms with Gasteiger partial charge in [-0.05, 0) is 48.9 Å². The maximum Gasteiger partial charge on any atom is 0.573 e. The van der Waals surface area contributed by atoms with Crippen molar-refractivity contribution >= 4 is 21.6 Å². The van der Waals surface area contributed by atoms with E-state index in [4.69, 9.17) is 0 Å². The molecule has 2 aromatic carbocycles. The van der Waals surface area contributed by atoms with Gasteiger partial charge in [0.15, 0.2) is 9.84 Å². The van der Waals surface area contributed by atoms with Crippen molar-refractivity contribution in [1.82, 2.24) is 4.98 Å². The first kappa shape index (κ1) is 25.2. The number of hydrogen-bond donors (Lipinski definition) is 1. The Labute approximate surface area is 193 Å². The van der Waals surface area contributed by atoms with Gasteiger partial charge in [-0.3, -0.25) is 4.79 Å². The van der Waals surface area contributed by atoms with Gasteiger partial charge in [-0.2, -0.15) is 0 Å². The number of sulfone groups is 1. The highest BCUT2D eigenvalue weighted by molar-refractivity contribution is 7.91. The molecule has 3 aromatic rings. The highest BCUT2D eigenvalue weighted by atomic mass is 32.2. The Morgan fingerprint density at radius 3 is 2.26 bits per heavy atom. The zero-order chi connectivity index (χ0) is 25.1. The summed E-state index contributed by atoms with van der Waals surface area (Å²) < 4.78 is 79.3. The summed E-state index contributed by atoms with van der Waals surface area (Å²) in [4.78, 5) is 16.8. The second-order valence-electron chi connectivity index (χ2n) is 7.29. The highest BCUT2D eigenvalue weighted by Gasteiger charge is 2.32. The summed E-state index contributed by atoms with van der Waals surface area (Å²) in [5.41, 5.74) is 1.13. The number of halogens is 4. The molecule has 0 fully saturated rings. The first-order valence-corrected chi connectivity index (χ1v) is 11.7.